The molecular formula is C12H16ClN5O. The first-order valence-electron chi connectivity index (χ1n) is 6.39. The lowest BCUT2D eigenvalue weighted by molar-refractivity contribution is 0.0820. The highest BCUT2D eigenvalue weighted by molar-refractivity contribution is 6.30. The monoisotopic (exact) mass is 281 g/mol. The molecule has 3 heterocycles. The fraction of sp³-hybridized carbons (Fsp3) is 0.583. The van der Waals surface area contributed by atoms with E-state index in [9.17, 15) is 0 Å². The van der Waals surface area contributed by atoms with Crippen LogP contribution in [-0.2, 0) is 4.74 Å². The van der Waals surface area contributed by atoms with Crippen molar-refractivity contribution in [3.05, 3.63) is 17.0 Å². The lowest BCUT2D eigenvalue weighted by Gasteiger charge is -2.26. The number of aromatic nitrogens is 4. The minimum atomic E-state index is 0.187. The average Bonchev–Trinajstić information content (AvgIpc) is 2.71. The van der Waals surface area contributed by atoms with E-state index in [4.69, 9.17) is 16.3 Å². The molecule has 0 saturated carbocycles. The van der Waals surface area contributed by atoms with Crippen LogP contribution < -0.4 is 4.90 Å². The summed E-state index contributed by atoms with van der Waals surface area (Å²) in [5.41, 5.74) is 0.925. The van der Waals surface area contributed by atoms with Crippen molar-refractivity contribution in [1.82, 2.24) is 19.6 Å². The van der Waals surface area contributed by atoms with Crippen LogP contribution in [0.15, 0.2) is 6.33 Å². The molecule has 1 fully saturated rings. The first-order chi connectivity index (χ1) is 9.16. The molecule has 0 spiro atoms. The van der Waals surface area contributed by atoms with Crippen LogP contribution >= 0.6 is 11.6 Å². The van der Waals surface area contributed by atoms with Gasteiger partial charge in [0.25, 0.3) is 5.78 Å². The molecule has 102 valence electrons. The van der Waals surface area contributed by atoms with Gasteiger partial charge in [0.05, 0.1) is 6.10 Å². The van der Waals surface area contributed by atoms with Crippen molar-refractivity contribution in [2.45, 2.75) is 26.4 Å². The molecule has 1 saturated heterocycles. The number of hydrogen-bond acceptors (Lipinski definition) is 5. The number of rotatable bonds is 1. The van der Waals surface area contributed by atoms with Gasteiger partial charge in [-0.25, -0.2) is 0 Å². The molecule has 0 aromatic carbocycles. The molecule has 1 aliphatic rings. The van der Waals surface area contributed by atoms with Gasteiger partial charge in [-0.3, -0.25) is 0 Å². The molecule has 1 atom stereocenters. The Bertz CT molecular complexity index is 599. The van der Waals surface area contributed by atoms with E-state index in [-0.39, 0.29) is 6.10 Å². The molecule has 0 bridgehead atoms. The van der Waals surface area contributed by atoms with Gasteiger partial charge in [0.15, 0.2) is 0 Å². The number of anilines is 1. The highest BCUT2D eigenvalue weighted by Gasteiger charge is 2.22. The Kier molecular flexibility index (Phi) is 3.28. The third kappa shape index (κ3) is 2.26. The topological polar surface area (TPSA) is 55.5 Å². The van der Waals surface area contributed by atoms with E-state index < -0.39 is 0 Å². The van der Waals surface area contributed by atoms with Crippen LogP contribution in [0.4, 0.5) is 5.82 Å². The van der Waals surface area contributed by atoms with E-state index in [1.807, 2.05) is 6.92 Å². The van der Waals surface area contributed by atoms with Crippen molar-refractivity contribution in [2.24, 2.45) is 0 Å². The minimum Gasteiger partial charge on any atom is -0.377 e. The maximum Gasteiger partial charge on any atom is 0.255 e. The normalized spacial score (nSPS) is 20.8. The number of halogens is 1. The Balaban J connectivity index is 2.11. The fourth-order valence-electron chi connectivity index (χ4n) is 2.44. The quantitative estimate of drug-likeness (QED) is 0.745. The van der Waals surface area contributed by atoms with Crippen molar-refractivity contribution in [2.75, 3.05) is 24.6 Å². The van der Waals surface area contributed by atoms with E-state index >= 15 is 0 Å². The maximum absolute atomic E-state index is 6.20. The number of ether oxygens (including phenoxy) is 1. The Morgan fingerprint density at radius 1 is 1.47 bits per heavy atom. The summed E-state index contributed by atoms with van der Waals surface area (Å²) in [6.07, 6.45) is 2.67. The van der Waals surface area contributed by atoms with Crippen LogP contribution in [-0.4, -0.2) is 45.4 Å². The molecule has 0 aliphatic carbocycles. The van der Waals surface area contributed by atoms with Crippen LogP contribution in [0.2, 0.25) is 5.15 Å². The van der Waals surface area contributed by atoms with Crippen LogP contribution in [0, 0.1) is 6.92 Å². The average molecular weight is 282 g/mol. The summed E-state index contributed by atoms with van der Waals surface area (Å²) < 4.78 is 7.43. The zero-order valence-corrected chi connectivity index (χ0v) is 11.8. The second kappa shape index (κ2) is 4.94. The summed E-state index contributed by atoms with van der Waals surface area (Å²) in [6, 6.07) is 0. The highest BCUT2D eigenvalue weighted by Crippen LogP contribution is 2.26. The molecule has 7 heteroatoms. The molecule has 3 rings (SSSR count). The van der Waals surface area contributed by atoms with Gasteiger partial charge in [0.1, 0.15) is 17.3 Å². The van der Waals surface area contributed by atoms with E-state index in [0.29, 0.717) is 10.9 Å². The Labute approximate surface area is 116 Å². The van der Waals surface area contributed by atoms with Crippen LogP contribution in [0.5, 0.6) is 0 Å². The van der Waals surface area contributed by atoms with Gasteiger partial charge >= 0.3 is 0 Å². The van der Waals surface area contributed by atoms with E-state index in [0.717, 1.165) is 37.5 Å². The first kappa shape index (κ1) is 12.6. The summed E-state index contributed by atoms with van der Waals surface area (Å²) in [7, 11) is 0. The summed E-state index contributed by atoms with van der Waals surface area (Å²) in [4.78, 5) is 10.6. The second-order valence-electron chi connectivity index (χ2n) is 4.80. The van der Waals surface area contributed by atoms with Gasteiger partial charge < -0.3 is 9.64 Å². The van der Waals surface area contributed by atoms with Crippen molar-refractivity contribution >= 4 is 23.2 Å². The standard InChI is InChI=1S/C12H16ClN5O/c1-8-6-17(4-3-5-19-8)11-9(2)10(13)16-12-14-7-15-18(11)12/h7-8H,3-6H2,1-2H3. The molecule has 2 aromatic heterocycles. The molecule has 19 heavy (non-hydrogen) atoms. The summed E-state index contributed by atoms with van der Waals surface area (Å²) in [5, 5.41) is 4.73. The molecular weight excluding hydrogens is 266 g/mol. The third-order valence-electron chi connectivity index (χ3n) is 3.33. The Morgan fingerprint density at radius 3 is 3.16 bits per heavy atom. The summed E-state index contributed by atoms with van der Waals surface area (Å²) >= 11 is 6.20. The van der Waals surface area contributed by atoms with Crippen LogP contribution in [0.25, 0.3) is 5.78 Å². The van der Waals surface area contributed by atoms with Gasteiger partial charge in [-0.05, 0) is 20.3 Å². The lowest BCUT2D eigenvalue weighted by Crippen LogP contribution is -2.32. The zero-order chi connectivity index (χ0) is 13.4. The fourth-order valence-corrected chi connectivity index (χ4v) is 2.60. The summed E-state index contributed by atoms with van der Waals surface area (Å²) in [5.74, 6) is 1.49. The van der Waals surface area contributed by atoms with Gasteiger partial charge in [-0.2, -0.15) is 19.6 Å². The predicted molar refractivity (Wildman–Crippen MR) is 72.8 cm³/mol. The molecule has 6 nitrogen and oxygen atoms in total. The third-order valence-corrected chi connectivity index (χ3v) is 3.69. The largest absolute Gasteiger partial charge is 0.377 e. The number of fused-ring (bicyclic) bond motifs is 1. The molecule has 1 unspecified atom stereocenters. The van der Waals surface area contributed by atoms with Crippen molar-refractivity contribution in [1.29, 1.82) is 0 Å². The Hall–Kier alpha value is -1.40. The molecule has 0 amide bonds. The van der Waals surface area contributed by atoms with Gasteiger partial charge in [0.2, 0.25) is 0 Å². The van der Waals surface area contributed by atoms with Gasteiger partial charge in [0, 0.05) is 25.3 Å². The first-order valence-corrected chi connectivity index (χ1v) is 6.77. The molecule has 0 radical (unpaired) electrons. The summed E-state index contributed by atoms with van der Waals surface area (Å²) in [6.45, 7) is 6.56. The second-order valence-corrected chi connectivity index (χ2v) is 5.16. The van der Waals surface area contributed by atoms with Crippen molar-refractivity contribution in [3.63, 3.8) is 0 Å². The molecule has 1 aliphatic heterocycles. The smallest absolute Gasteiger partial charge is 0.255 e. The Morgan fingerprint density at radius 2 is 2.32 bits per heavy atom. The minimum absolute atomic E-state index is 0.187. The van der Waals surface area contributed by atoms with E-state index in [2.05, 4.69) is 26.9 Å². The van der Waals surface area contributed by atoms with E-state index in [1.54, 1.807) is 4.52 Å². The zero-order valence-electron chi connectivity index (χ0n) is 11.0. The molecule has 2 aromatic rings. The van der Waals surface area contributed by atoms with Crippen molar-refractivity contribution in [3.8, 4) is 0 Å². The maximum atomic E-state index is 6.20. The van der Waals surface area contributed by atoms with Gasteiger partial charge in [-0.15, -0.1) is 0 Å². The van der Waals surface area contributed by atoms with Crippen LogP contribution in [0.1, 0.15) is 18.9 Å². The SMILES string of the molecule is Cc1c(Cl)nc2ncnn2c1N1CCCOC(C)C1. The van der Waals surface area contributed by atoms with Crippen LogP contribution in [0.3, 0.4) is 0 Å². The van der Waals surface area contributed by atoms with Gasteiger partial charge in [-0.1, -0.05) is 11.6 Å². The number of hydrogen-bond donors (Lipinski definition) is 0. The van der Waals surface area contributed by atoms with Crippen molar-refractivity contribution < 1.29 is 4.74 Å². The molecule has 0 N–H and O–H groups in total. The number of nitrogens with zero attached hydrogens (tertiary/aromatic N) is 5. The highest BCUT2D eigenvalue weighted by atomic mass is 35.5. The lowest BCUT2D eigenvalue weighted by atomic mass is 10.2. The predicted octanol–water partition coefficient (Wildman–Crippen LogP) is 1.70. The van der Waals surface area contributed by atoms with E-state index in [1.165, 1.54) is 6.33 Å².